The predicted octanol–water partition coefficient (Wildman–Crippen LogP) is 0.530. The Bertz CT molecular complexity index is 214. The van der Waals surface area contributed by atoms with Gasteiger partial charge in [0.1, 0.15) is 0 Å². The number of rotatable bonds is 22. The van der Waals surface area contributed by atoms with E-state index >= 15 is 0 Å². The van der Waals surface area contributed by atoms with Crippen LogP contribution in [-0.2, 0) is 33.2 Å². The summed E-state index contributed by atoms with van der Waals surface area (Å²) < 4.78 is 38.1. The average molecular weight is 480 g/mol. The molecule has 0 aromatic carbocycles. The second-order valence-corrected chi connectivity index (χ2v) is 5.78. The van der Waals surface area contributed by atoms with Gasteiger partial charge in [0.25, 0.3) is 0 Å². The van der Waals surface area contributed by atoms with Crippen molar-refractivity contribution in [2.45, 2.75) is 0 Å². The van der Waals surface area contributed by atoms with Crippen molar-refractivity contribution in [3.63, 3.8) is 0 Å². The molecule has 0 aliphatic heterocycles. The highest BCUT2D eigenvalue weighted by Crippen LogP contribution is 1.86. The Morgan fingerprint density at radius 1 is 0.400 bits per heavy atom. The Kier molecular flexibility index (Phi) is 24.8. The maximum Gasteiger partial charge on any atom is 0.0701 e. The van der Waals surface area contributed by atoms with Crippen LogP contribution in [0.4, 0.5) is 0 Å². The van der Waals surface area contributed by atoms with Crippen LogP contribution in [0.5, 0.6) is 0 Å². The molecule has 0 saturated heterocycles. The van der Waals surface area contributed by atoms with E-state index < -0.39 is 0 Å². The Hall–Kier alpha value is 0.410. The van der Waals surface area contributed by atoms with Crippen molar-refractivity contribution >= 4 is 22.6 Å². The number of hydrogen-bond acceptors (Lipinski definition) is 8. The summed E-state index contributed by atoms with van der Waals surface area (Å²) in [5.74, 6) is 0. The SMILES string of the molecule is OCCOCCOCCOCCOCCOCCOCCOCCI. The van der Waals surface area contributed by atoms with E-state index in [4.69, 9.17) is 38.3 Å². The average Bonchev–Trinajstić information content (AvgIpc) is 2.63. The fraction of sp³-hybridized carbons (Fsp3) is 1.00. The van der Waals surface area contributed by atoms with Crippen LogP contribution in [0.15, 0.2) is 0 Å². The molecule has 0 aliphatic rings. The molecule has 152 valence electrons. The van der Waals surface area contributed by atoms with Gasteiger partial charge in [0.05, 0.1) is 99.1 Å². The van der Waals surface area contributed by atoms with Crippen molar-refractivity contribution < 1.29 is 38.3 Å². The van der Waals surface area contributed by atoms with Crippen molar-refractivity contribution in [2.24, 2.45) is 0 Å². The number of alkyl halides is 1. The fourth-order valence-electron chi connectivity index (χ4n) is 1.54. The molecule has 0 unspecified atom stereocenters. The maximum atomic E-state index is 8.51. The molecule has 9 heteroatoms. The van der Waals surface area contributed by atoms with E-state index in [1.807, 2.05) is 0 Å². The third-order valence-corrected chi connectivity index (χ3v) is 3.13. The lowest BCUT2D eigenvalue weighted by molar-refractivity contribution is -0.0210. The molecule has 0 heterocycles. The molecule has 0 aromatic heterocycles. The Morgan fingerprint density at radius 2 is 0.640 bits per heavy atom. The van der Waals surface area contributed by atoms with Gasteiger partial charge in [-0.25, -0.2) is 0 Å². The number of aliphatic hydroxyl groups is 1. The van der Waals surface area contributed by atoms with E-state index in [0.29, 0.717) is 85.9 Å². The van der Waals surface area contributed by atoms with Crippen molar-refractivity contribution in [3.8, 4) is 0 Å². The third kappa shape index (κ3) is 24.4. The van der Waals surface area contributed by atoms with Crippen molar-refractivity contribution in [3.05, 3.63) is 0 Å². The van der Waals surface area contributed by atoms with Gasteiger partial charge in [-0.05, 0) is 0 Å². The summed E-state index contributed by atoms with van der Waals surface area (Å²) in [7, 11) is 0. The van der Waals surface area contributed by atoms with E-state index in [-0.39, 0.29) is 6.61 Å². The standard InChI is InChI=1S/C16H33IO8/c17-1-3-19-5-7-21-9-11-23-13-15-25-16-14-24-12-10-22-8-6-20-4-2-18/h18H,1-16H2. The summed E-state index contributed by atoms with van der Waals surface area (Å²) >= 11 is 2.27. The van der Waals surface area contributed by atoms with Crippen molar-refractivity contribution in [1.29, 1.82) is 0 Å². The Balaban J connectivity index is 2.94. The first-order valence-corrected chi connectivity index (χ1v) is 10.2. The number of aliphatic hydroxyl groups excluding tert-OH is 1. The number of ether oxygens (including phenoxy) is 7. The van der Waals surface area contributed by atoms with Crippen LogP contribution in [0.3, 0.4) is 0 Å². The van der Waals surface area contributed by atoms with Crippen LogP contribution >= 0.6 is 22.6 Å². The van der Waals surface area contributed by atoms with Crippen molar-refractivity contribution in [1.82, 2.24) is 0 Å². The summed E-state index contributed by atoms with van der Waals surface area (Å²) in [5, 5.41) is 8.51. The molecule has 0 saturated carbocycles. The molecule has 0 rings (SSSR count). The third-order valence-electron chi connectivity index (χ3n) is 2.69. The molecule has 0 fully saturated rings. The zero-order valence-electron chi connectivity index (χ0n) is 15.0. The first-order chi connectivity index (χ1) is 12.4. The van der Waals surface area contributed by atoms with E-state index in [9.17, 15) is 0 Å². The van der Waals surface area contributed by atoms with E-state index in [1.54, 1.807) is 0 Å². The second kappa shape index (κ2) is 24.4. The summed E-state index contributed by atoms with van der Waals surface area (Å²) in [5.41, 5.74) is 0. The molecule has 25 heavy (non-hydrogen) atoms. The van der Waals surface area contributed by atoms with Crippen LogP contribution in [0.2, 0.25) is 0 Å². The molecule has 1 N–H and O–H groups in total. The minimum Gasteiger partial charge on any atom is -0.394 e. The lowest BCUT2D eigenvalue weighted by atomic mass is 10.6. The lowest BCUT2D eigenvalue weighted by Crippen LogP contribution is -2.14. The molecule has 0 radical (unpaired) electrons. The highest BCUT2D eigenvalue weighted by molar-refractivity contribution is 14.1. The molecule has 8 nitrogen and oxygen atoms in total. The largest absolute Gasteiger partial charge is 0.394 e. The number of halogens is 1. The topological polar surface area (TPSA) is 84.8 Å². The minimum atomic E-state index is 0.0380. The van der Waals surface area contributed by atoms with Gasteiger partial charge in [-0.2, -0.15) is 0 Å². The van der Waals surface area contributed by atoms with E-state index in [0.717, 1.165) is 11.0 Å². The molecule has 0 spiro atoms. The molecule has 0 amide bonds. The van der Waals surface area contributed by atoms with E-state index in [1.165, 1.54) is 0 Å². The number of hydrogen-bond donors (Lipinski definition) is 1. The first kappa shape index (κ1) is 25.4. The molecule has 0 atom stereocenters. The monoisotopic (exact) mass is 480 g/mol. The quantitative estimate of drug-likeness (QED) is 0.137. The zero-order chi connectivity index (χ0) is 18.3. The molecular formula is C16H33IO8. The van der Waals surface area contributed by atoms with Crippen LogP contribution in [0.1, 0.15) is 0 Å². The highest BCUT2D eigenvalue weighted by Gasteiger charge is 1.94. The molecule has 0 bridgehead atoms. The van der Waals surface area contributed by atoms with Gasteiger partial charge in [-0.1, -0.05) is 22.6 Å². The fourth-order valence-corrected chi connectivity index (χ4v) is 1.85. The predicted molar refractivity (Wildman–Crippen MR) is 102 cm³/mol. The van der Waals surface area contributed by atoms with Gasteiger partial charge in [-0.3, -0.25) is 0 Å². The first-order valence-electron chi connectivity index (χ1n) is 8.62. The minimum absolute atomic E-state index is 0.0380. The van der Waals surface area contributed by atoms with Crippen LogP contribution in [0, 0.1) is 0 Å². The van der Waals surface area contributed by atoms with Crippen LogP contribution in [0.25, 0.3) is 0 Å². The van der Waals surface area contributed by atoms with Gasteiger partial charge < -0.3 is 38.3 Å². The van der Waals surface area contributed by atoms with Gasteiger partial charge in [0.15, 0.2) is 0 Å². The zero-order valence-corrected chi connectivity index (χ0v) is 17.2. The molecule has 0 aliphatic carbocycles. The Labute approximate surface area is 164 Å². The molecular weight excluding hydrogens is 447 g/mol. The maximum absolute atomic E-state index is 8.51. The van der Waals surface area contributed by atoms with Crippen molar-refractivity contribution in [2.75, 3.05) is 104 Å². The normalized spacial score (nSPS) is 11.3. The van der Waals surface area contributed by atoms with Gasteiger partial charge in [0, 0.05) is 4.43 Å². The highest BCUT2D eigenvalue weighted by atomic mass is 127. The van der Waals surface area contributed by atoms with Gasteiger partial charge >= 0.3 is 0 Å². The molecule has 0 aromatic rings. The Morgan fingerprint density at radius 3 is 0.880 bits per heavy atom. The second-order valence-electron chi connectivity index (χ2n) is 4.70. The van der Waals surface area contributed by atoms with Crippen LogP contribution < -0.4 is 0 Å². The summed E-state index contributed by atoms with van der Waals surface area (Å²) in [6, 6.07) is 0. The summed E-state index contributed by atoms with van der Waals surface area (Å²) in [6.07, 6.45) is 0. The van der Waals surface area contributed by atoms with Gasteiger partial charge in [-0.15, -0.1) is 0 Å². The summed E-state index contributed by atoms with van der Waals surface area (Å²) in [4.78, 5) is 0. The van der Waals surface area contributed by atoms with Gasteiger partial charge in [0.2, 0.25) is 0 Å². The lowest BCUT2D eigenvalue weighted by Gasteiger charge is -2.08. The smallest absolute Gasteiger partial charge is 0.0701 e. The summed E-state index contributed by atoms with van der Waals surface area (Å²) in [6.45, 7) is 7.73. The van der Waals surface area contributed by atoms with Crippen LogP contribution in [-0.4, -0.2) is 109 Å². The van der Waals surface area contributed by atoms with E-state index in [2.05, 4.69) is 22.6 Å².